The van der Waals surface area contributed by atoms with Gasteiger partial charge in [0.1, 0.15) is 6.10 Å². The van der Waals surface area contributed by atoms with Crippen molar-refractivity contribution in [3.05, 3.63) is 0 Å². The van der Waals surface area contributed by atoms with E-state index in [9.17, 15) is 9.59 Å². The first-order valence-electron chi connectivity index (χ1n) is 7.88. The zero-order valence-corrected chi connectivity index (χ0v) is 12.1. The minimum atomic E-state index is -0.940. The fraction of sp³-hybridized carbons (Fsp3) is 0.875. The van der Waals surface area contributed by atoms with Gasteiger partial charge in [-0.05, 0) is 63.2 Å². The molecule has 0 amide bonds. The van der Waals surface area contributed by atoms with Crippen molar-refractivity contribution in [2.75, 3.05) is 0 Å². The van der Waals surface area contributed by atoms with Crippen LogP contribution in [0.1, 0.15) is 58.3 Å². The van der Waals surface area contributed by atoms with Crippen molar-refractivity contribution in [3.8, 4) is 0 Å². The topological polar surface area (TPSA) is 63.6 Å². The fourth-order valence-electron chi connectivity index (χ4n) is 5.27. The first kappa shape index (κ1) is 13.9. The summed E-state index contributed by atoms with van der Waals surface area (Å²) in [5.41, 5.74) is 0.188. The lowest BCUT2D eigenvalue weighted by atomic mass is 9.48. The van der Waals surface area contributed by atoms with Crippen molar-refractivity contribution in [1.82, 2.24) is 0 Å². The van der Waals surface area contributed by atoms with Gasteiger partial charge in [-0.2, -0.15) is 0 Å². The molecule has 1 N–H and O–H groups in total. The van der Waals surface area contributed by atoms with E-state index in [1.54, 1.807) is 0 Å². The summed E-state index contributed by atoms with van der Waals surface area (Å²) in [6.45, 7) is 2.02. The van der Waals surface area contributed by atoms with Crippen LogP contribution in [-0.4, -0.2) is 23.1 Å². The maximum Gasteiger partial charge on any atom is 0.306 e. The molecule has 0 aromatic rings. The fourth-order valence-corrected chi connectivity index (χ4v) is 5.27. The van der Waals surface area contributed by atoms with Crippen LogP contribution in [0, 0.1) is 23.2 Å². The first-order valence-corrected chi connectivity index (χ1v) is 7.88. The third kappa shape index (κ3) is 2.57. The molecule has 4 heteroatoms. The van der Waals surface area contributed by atoms with Crippen LogP contribution in [0.3, 0.4) is 0 Å². The van der Waals surface area contributed by atoms with Crippen LogP contribution in [0.4, 0.5) is 0 Å². The number of aliphatic carboxylic acids is 1. The highest BCUT2D eigenvalue weighted by molar-refractivity contribution is 5.76. The molecule has 0 heterocycles. The maximum absolute atomic E-state index is 11.8. The van der Waals surface area contributed by atoms with E-state index >= 15 is 0 Å². The predicted molar refractivity (Wildman–Crippen MR) is 73.0 cm³/mol. The van der Waals surface area contributed by atoms with E-state index in [1.807, 2.05) is 6.92 Å². The van der Waals surface area contributed by atoms with E-state index in [-0.39, 0.29) is 30.3 Å². The third-order valence-electron chi connectivity index (χ3n) is 5.80. The molecule has 1 atom stereocenters. The van der Waals surface area contributed by atoms with Gasteiger partial charge in [-0.3, -0.25) is 9.59 Å². The Kier molecular flexibility index (Phi) is 3.51. The average molecular weight is 280 g/mol. The van der Waals surface area contributed by atoms with Crippen LogP contribution in [0.15, 0.2) is 0 Å². The summed E-state index contributed by atoms with van der Waals surface area (Å²) >= 11 is 0. The Hall–Kier alpha value is -1.06. The molecule has 0 aromatic carbocycles. The Bertz CT molecular complexity index is 379. The number of rotatable bonds is 5. The first-order chi connectivity index (χ1) is 9.47. The molecular formula is C16H24O4. The van der Waals surface area contributed by atoms with Gasteiger partial charge in [-0.25, -0.2) is 0 Å². The summed E-state index contributed by atoms with van der Waals surface area (Å²) in [4.78, 5) is 22.3. The highest BCUT2D eigenvalue weighted by Gasteiger charge is 2.54. The Morgan fingerprint density at radius 2 is 1.60 bits per heavy atom. The molecule has 4 aliphatic carbocycles. The van der Waals surface area contributed by atoms with Crippen molar-refractivity contribution in [3.63, 3.8) is 0 Å². The van der Waals surface area contributed by atoms with Gasteiger partial charge in [0, 0.05) is 5.41 Å². The van der Waals surface area contributed by atoms with Crippen molar-refractivity contribution in [1.29, 1.82) is 0 Å². The molecular weight excluding hydrogens is 256 g/mol. The summed E-state index contributed by atoms with van der Waals surface area (Å²) in [6, 6.07) is 0. The zero-order valence-electron chi connectivity index (χ0n) is 12.1. The van der Waals surface area contributed by atoms with Gasteiger partial charge in [-0.1, -0.05) is 0 Å². The Morgan fingerprint density at radius 3 is 2.05 bits per heavy atom. The van der Waals surface area contributed by atoms with Gasteiger partial charge in [0.2, 0.25) is 0 Å². The second kappa shape index (κ2) is 5.05. The van der Waals surface area contributed by atoms with Crippen molar-refractivity contribution in [2.24, 2.45) is 23.2 Å². The Balaban J connectivity index is 1.60. The lowest BCUT2D eigenvalue weighted by Crippen LogP contribution is -2.51. The van der Waals surface area contributed by atoms with Crippen molar-refractivity contribution < 1.29 is 19.4 Å². The lowest BCUT2D eigenvalue weighted by Gasteiger charge is -2.58. The van der Waals surface area contributed by atoms with E-state index in [1.165, 1.54) is 38.5 Å². The summed E-state index contributed by atoms with van der Waals surface area (Å²) in [5.74, 6) is 1.21. The van der Waals surface area contributed by atoms with Gasteiger partial charge in [0.15, 0.2) is 0 Å². The van der Waals surface area contributed by atoms with E-state index in [0.29, 0.717) is 0 Å². The van der Waals surface area contributed by atoms with Gasteiger partial charge >= 0.3 is 11.9 Å². The molecule has 4 rings (SSSR count). The van der Waals surface area contributed by atoms with Crippen LogP contribution < -0.4 is 0 Å². The second-order valence-corrected chi connectivity index (χ2v) is 7.31. The van der Waals surface area contributed by atoms with Crippen LogP contribution >= 0.6 is 0 Å². The molecule has 4 saturated carbocycles. The standard InChI is InChI=1S/C16H24O4/c1-10(20-15(19)3-2-14(17)18)16-7-11-4-12(8-16)6-13(5-11)9-16/h10-13H,2-9H2,1H3,(H,17,18). The lowest BCUT2D eigenvalue weighted by molar-refractivity contribution is -0.171. The quantitative estimate of drug-likeness (QED) is 0.786. The monoisotopic (exact) mass is 280 g/mol. The van der Waals surface area contributed by atoms with E-state index in [0.717, 1.165) is 17.8 Å². The van der Waals surface area contributed by atoms with E-state index < -0.39 is 5.97 Å². The van der Waals surface area contributed by atoms with Gasteiger partial charge < -0.3 is 9.84 Å². The number of ether oxygens (including phenoxy) is 1. The zero-order chi connectivity index (χ0) is 14.3. The molecule has 0 radical (unpaired) electrons. The molecule has 0 aromatic heterocycles. The summed E-state index contributed by atoms with van der Waals surface area (Å²) in [7, 11) is 0. The molecule has 4 nitrogen and oxygen atoms in total. The molecule has 4 fully saturated rings. The molecule has 112 valence electrons. The van der Waals surface area contributed by atoms with Gasteiger partial charge in [0.05, 0.1) is 12.8 Å². The van der Waals surface area contributed by atoms with Crippen LogP contribution in [0.5, 0.6) is 0 Å². The van der Waals surface area contributed by atoms with Crippen molar-refractivity contribution in [2.45, 2.75) is 64.4 Å². The number of carboxylic acid groups (broad SMARTS) is 1. The number of carbonyl (C=O) groups is 2. The van der Waals surface area contributed by atoms with Crippen molar-refractivity contribution >= 4 is 11.9 Å². The number of carboxylic acids is 1. The Morgan fingerprint density at radius 1 is 1.10 bits per heavy atom. The average Bonchev–Trinajstić information content (AvgIpc) is 2.34. The molecule has 0 saturated heterocycles. The summed E-state index contributed by atoms with van der Waals surface area (Å²) in [5, 5.41) is 8.62. The molecule has 4 bridgehead atoms. The summed E-state index contributed by atoms with van der Waals surface area (Å²) in [6.07, 6.45) is 7.53. The number of hydrogen-bond acceptors (Lipinski definition) is 3. The second-order valence-electron chi connectivity index (χ2n) is 7.31. The normalized spacial score (nSPS) is 39.5. The third-order valence-corrected chi connectivity index (χ3v) is 5.80. The molecule has 0 aliphatic heterocycles. The highest BCUT2D eigenvalue weighted by atomic mass is 16.5. The maximum atomic E-state index is 11.8. The molecule has 4 aliphatic rings. The smallest absolute Gasteiger partial charge is 0.306 e. The van der Waals surface area contributed by atoms with Crippen LogP contribution in [-0.2, 0) is 14.3 Å². The summed E-state index contributed by atoms with van der Waals surface area (Å²) < 4.78 is 5.58. The molecule has 1 unspecified atom stereocenters. The van der Waals surface area contributed by atoms with Crippen LogP contribution in [0.2, 0.25) is 0 Å². The largest absolute Gasteiger partial charge is 0.481 e. The Labute approximate surface area is 119 Å². The van der Waals surface area contributed by atoms with Gasteiger partial charge in [-0.15, -0.1) is 0 Å². The molecule has 20 heavy (non-hydrogen) atoms. The van der Waals surface area contributed by atoms with Crippen LogP contribution in [0.25, 0.3) is 0 Å². The predicted octanol–water partition coefficient (Wildman–Crippen LogP) is 3.00. The SMILES string of the molecule is CC(OC(=O)CCC(=O)O)C12CC3CC(CC(C3)C1)C2. The molecule has 0 spiro atoms. The highest BCUT2D eigenvalue weighted by Crippen LogP contribution is 2.61. The van der Waals surface area contributed by atoms with E-state index in [2.05, 4.69) is 0 Å². The number of carbonyl (C=O) groups excluding carboxylic acids is 1. The number of hydrogen-bond donors (Lipinski definition) is 1. The van der Waals surface area contributed by atoms with Gasteiger partial charge in [0.25, 0.3) is 0 Å². The van der Waals surface area contributed by atoms with E-state index in [4.69, 9.17) is 9.84 Å². The minimum Gasteiger partial charge on any atom is -0.481 e. The number of esters is 1. The minimum absolute atomic E-state index is 0.00790.